The van der Waals surface area contributed by atoms with Gasteiger partial charge in [0, 0.05) is 62.2 Å². The molecule has 0 amide bonds. The van der Waals surface area contributed by atoms with E-state index in [2.05, 4.69) is 47.7 Å². The molecule has 4 aromatic rings. The van der Waals surface area contributed by atoms with Gasteiger partial charge in [-0.1, -0.05) is 34.9 Å². The van der Waals surface area contributed by atoms with Gasteiger partial charge in [-0.15, -0.1) is 37.2 Å². The standard InChI is InChI=1S/C37H43Cl2N5.3ClH/c1-23-17-24-19-25(18-23)35-34(20-24)43-33-22-27(39)10-12-30(33)37(35)41-14-6-16-44(2)15-5-13-40-36-28-7-3-4-8-31(28)42-32-21-26(38)9-11-29(32)36;;;/h9-12,17,21-22,24-25H,3-8,13-16,18-20H2,1-2H3,(H,40,42)(H,41,43);3*1H/t24-,25+;;;/m1.../s1. The maximum absolute atomic E-state index is 6.39. The van der Waals surface area contributed by atoms with Gasteiger partial charge < -0.3 is 15.5 Å². The molecule has 2 atom stereocenters. The van der Waals surface area contributed by atoms with Crippen molar-refractivity contribution < 1.29 is 0 Å². The van der Waals surface area contributed by atoms with E-state index in [-0.39, 0.29) is 37.2 Å². The van der Waals surface area contributed by atoms with Gasteiger partial charge in [-0.2, -0.15) is 0 Å². The van der Waals surface area contributed by atoms with Crippen molar-refractivity contribution in [3.05, 3.63) is 80.6 Å². The van der Waals surface area contributed by atoms with Gasteiger partial charge in [-0.05, 0) is 139 Å². The first-order valence-electron chi connectivity index (χ1n) is 16.5. The highest BCUT2D eigenvalue weighted by molar-refractivity contribution is 6.31. The number of hydrogen-bond acceptors (Lipinski definition) is 5. The molecule has 0 saturated heterocycles. The number of fused-ring (bicyclic) bond motifs is 7. The summed E-state index contributed by atoms with van der Waals surface area (Å²) in [6, 6.07) is 12.3. The molecule has 2 aromatic carbocycles. The van der Waals surface area contributed by atoms with E-state index in [9.17, 15) is 0 Å². The van der Waals surface area contributed by atoms with E-state index in [0.29, 0.717) is 11.8 Å². The summed E-state index contributed by atoms with van der Waals surface area (Å²) in [7, 11) is 2.24. The first-order valence-corrected chi connectivity index (χ1v) is 17.2. The molecule has 3 aliphatic rings. The molecule has 5 nitrogen and oxygen atoms in total. The number of rotatable bonds is 10. The van der Waals surface area contributed by atoms with Crippen LogP contribution in [0.5, 0.6) is 0 Å². The van der Waals surface area contributed by atoms with E-state index in [1.54, 1.807) is 0 Å². The van der Waals surface area contributed by atoms with Crippen LogP contribution in [0.2, 0.25) is 10.0 Å². The van der Waals surface area contributed by atoms with Crippen LogP contribution in [-0.4, -0.2) is 48.1 Å². The van der Waals surface area contributed by atoms with Gasteiger partial charge in [-0.25, -0.2) is 0 Å². The van der Waals surface area contributed by atoms with Crippen LogP contribution in [0.15, 0.2) is 48.0 Å². The van der Waals surface area contributed by atoms with Crippen LogP contribution in [0.25, 0.3) is 21.8 Å². The summed E-state index contributed by atoms with van der Waals surface area (Å²) in [6.07, 6.45) is 12.7. The fourth-order valence-electron chi connectivity index (χ4n) is 7.91. The Labute approximate surface area is 307 Å². The van der Waals surface area contributed by atoms with Gasteiger partial charge in [0.2, 0.25) is 0 Å². The topological polar surface area (TPSA) is 53.1 Å². The predicted molar refractivity (Wildman–Crippen MR) is 209 cm³/mol. The van der Waals surface area contributed by atoms with Crippen molar-refractivity contribution in [2.45, 2.75) is 70.6 Å². The normalized spacial score (nSPS) is 17.9. The maximum atomic E-state index is 6.39. The summed E-state index contributed by atoms with van der Waals surface area (Å²) in [4.78, 5) is 12.6. The third-order valence-electron chi connectivity index (χ3n) is 9.87. The van der Waals surface area contributed by atoms with Crippen molar-refractivity contribution in [2.24, 2.45) is 5.92 Å². The first-order chi connectivity index (χ1) is 21.4. The van der Waals surface area contributed by atoms with E-state index in [1.165, 1.54) is 69.5 Å². The summed E-state index contributed by atoms with van der Waals surface area (Å²) < 4.78 is 0. The number of halogens is 5. The van der Waals surface area contributed by atoms with E-state index in [1.807, 2.05) is 24.3 Å². The lowest BCUT2D eigenvalue weighted by atomic mass is 9.71. The molecule has 2 bridgehead atoms. The van der Waals surface area contributed by atoms with Crippen molar-refractivity contribution in [3.63, 3.8) is 0 Å². The molecule has 2 N–H and O–H groups in total. The van der Waals surface area contributed by atoms with Crippen LogP contribution >= 0.6 is 60.4 Å². The van der Waals surface area contributed by atoms with Crippen LogP contribution in [0.4, 0.5) is 11.4 Å². The lowest BCUT2D eigenvalue weighted by Gasteiger charge is -2.36. The summed E-state index contributed by atoms with van der Waals surface area (Å²) in [5, 5.41) is 11.6. The monoisotopic (exact) mass is 735 g/mol. The third kappa shape index (κ3) is 8.25. The quantitative estimate of drug-likeness (QED) is 0.125. The Bertz CT molecular complexity index is 1740. The van der Waals surface area contributed by atoms with E-state index >= 15 is 0 Å². The highest BCUT2D eigenvalue weighted by Crippen LogP contribution is 2.47. The SMILES string of the molecule is CC1=C[C@H]2Cc3nc4cc(Cl)ccc4c(NCCCN(C)CCCNc4c5c(nc6cc(Cl)ccc46)CCCC5)c3[C@@H](C1)C2.Cl.Cl.Cl. The van der Waals surface area contributed by atoms with Crippen LogP contribution in [0.1, 0.15) is 73.9 Å². The van der Waals surface area contributed by atoms with Gasteiger partial charge in [0.1, 0.15) is 0 Å². The smallest absolute Gasteiger partial charge is 0.0741 e. The number of allylic oxidation sites excluding steroid dienone is 2. The Kier molecular flexibility index (Phi) is 13.4. The molecule has 2 aromatic heterocycles. The van der Waals surface area contributed by atoms with Crippen molar-refractivity contribution in [2.75, 3.05) is 43.9 Å². The van der Waals surface area contributed by atoms with Crippen molar-refractivity contribution in [1.29, 1.82) is 0 Å². The molecule has 0 radical (unpaired) electrons. The number of hydrogen-bond donors (Lipinski definition) is 2. The molecule has 10 heteroatoms. The minimum atomic E-state index is 0. The Morgan fingerprint density at radius 2 is 1.38 bits per heavy atom. The molecular formula is C37H46Cl5N5. The number of aromatic nitrogens is 2. The number of aryl methyl sites for hydroxylation is 1. The molecule has 0 unspecified atom stereocenters. The molecule has 254 valence electrons. The van der Waals surface area contributed by atoms with Gasteiger partial charge in [0.05, 0.1) is 11.0 Å². The van der Waals surface area contributed by atoms with Gasteiger partial charge in [0.25, 0.3) is 0 Å². The summed E-state index contributed by atoms with van der Waals surface area (Å²) in [5.41, 5.74) is 11.5. The van der Waals surface area contributed by atoms with Crippen molar-refractivity contribution >= 4 is 93.6 Å². The first kappa shape index (κ1) is 37.8. The molecular weight excluding hydrogens is 692 g/mol. The second-order valence-electron chi connectivity index (χ2n) is 13.3. The number of nitrogens with zero attached hydrogens (tertiary/aromatic N) is 3. The zero-order chi connectivity index (χ0) is 30.2. The Morgan fingerprint density at radius 1 is 0.787 bits per heavy atom. The molecule has 2 heterocycles. The summed E-state index contributed by atoms with van der Waals surface area (Å²) in [6.45, 7) is 6.30. The largest absolute Gasteiger partial charge is 0.384 e. The van der Waals surface area contributed by atoms with Gasteiger partial charge in [-0.3, -0.25) is 9.97 Å². The minimum Gasteiger partial charge on any atom is -0.384 e. The van der Waals surface area contributed by atoms with Crippen LogP contribution < -0.4 is 10.6 Å². The highest BCUT2D eigenvalue weighted by atomic mass is 35.5. The molecule has 0 aliphatic heterocycles. The lowest BCUT2D eigenvalue weighted by molar-refractivity contribution is 0.331. The van der Waals surface area contributed by atoms with Crippen molar-refractivity contribution in [3.8, 4) is 0 Å². The van der Waals surface area contributed by atoms with E-state index < -0.39 is 0 Å². The fraction of sp³-hybridized carbons (Fsp3) is 0.459. The Balaban J connectivity index is 0.00000167. The Hall–Kier alpha value is -1.99. The van der Waals surface area contributed by atoms with E-state index in [4.69, 9.17) is 33.2 Å². The molecule has 0 saturated carbocycles. The fourth-order valence-corrected chi connectivity index (χ4v) is 8.25. The zero-order valence-corrected chi connectivity index (χ0v) is 31.2. The third-order valence-corrected chi connectivity index (χ3v) is 10.3. The van der Waals surface area contributed by atoms with Crippen molar-refractivity contribution in [1.82, 2.24) is 14.9 Å². The molecule has 3 aliphatic carbocycles. The van der Waals surface area contributed by atoms with Crippen LogP contribution in [0.3, 0.4) is 0 Å². The number of anilines is 2. The molecule has 7 rings (SSSR count). The average Bonchev–Trinajstić information content (AvgIpc) is 2.99. The average molecular weight is 738 g/mol. The maximum Gasteiger partial charge on any atom is 0.0741 e. The van der Waals surface area contributed by atoms with E-state index in [0.717, 1.165) is 85.8 Å². The summed E-state index contributed by atoms with van der Waals surface area (Å²) in [5.74, 6) is 1.17. The second kappa shape index (κ2) is 16.6. The summed E-state index contributed by atoms with van der Waals surface area (Å²) >= 11 is 12.7. The van der Waals surface area contributed by atoms with Crippen LogP contribution in [0, 0.1) is 5.92 Å². The highest BCUT2D eigenvalue weighted by Gasteiger charge is 2.33. The zero-order valence-electron chi connectivity index (χ0n) is 27.2. The van der Waals surface area contributed by atoms with Gasteiger partial charge in [0.15, 0.2) is 0 Å². The lowest BCUT2D eigenvalue weighted by Crippen LogP contribution is -2.26. The van der Waals surface area contributed by atoms with Crippen LogP contribution in [-0.2, 0) is 19.3 Å². The second-order valence-corrected chi connectivity index (χ2v) is 14.1. The predicted octanol–water partition coefficient (Wildman–Crippen LogP) is 10.5. The molecule has 47 heavy (non-hydrogen) atoms. The number of benzene rings is 2. The number of pyridine rings is 2. The molecule has 0 spiro atoms. The molecule has 0 fully saturated rings. The Morgan fingerprint density at radius 3 is 2.06 bits per heavy atom. The number of nitrogens with one attached hydrogen (secondary N) is 2. The van der Waals surface area contributed by atoms with Gasteiger partial charge >= 0.3 is 0 Å². The minimum absolute atomic E-state index is 0.